The third kappa shape index (κ3) is 2.78. The third-order valence-corrected chi connectivity index (χ3v) is 3.57. The van der Waals surface area contributed by atoms with Crippen molar-refractivity contribution in [3.63, 3.8) is 0 Å². The van der Waals surface area contributed by atoms with Crippen molar-refractivity contribution in [2.75, 3.05) is 13.1 Å². The first-order chi connectivity index (χ1) is 8.20. The minimum atomic E-state index is 0.0375. The van der Waals surface area contributed by atoms with Gasteiger partial charge in [0, 0.05) is 18.7 Å². The first-order valence-corrected chi connectivity index (χ1v) is 6.29. The highest BCUT2D eigenvalue weighted by Gasteiger charge is 2.22. The monoisotopic (exact) mass is 233 g/mol. The molecular formula is C14H19NO2. The molecule has 2 rings (SSSR count). The minimum Gasteiger partial charge on any atom is -0.508 e. The van der Waals surface area contributed by atoms with E-state index < -0.39 is 0 Å². The van der Waals surface area contributed by atoms with Gasteiger partial charge < -0.3 is 10.0 Å². The van der Waals surface area contributed by atoms with Gasteiger partial charge in [-0.1, -0.05) is 19.4 Å². The summed E-state index contributed by atoms with van der Waals surface area (Å²) in [6, 6.07) is 6.59. The van der Waals surface area contributed by atoms with E-state index >= 15 is 0 Å². The van der Waals surface area contributed by atoms with Crippen molar-refractivity contribution < 1.29 is 9.90 Å². The van der Waals surface area contributed by atoms with Crippen LogP contribution in [-0.2, 0) is 0 Å². The third-order valence-electron chi connectivity index (χ3n) is 3.57. The van der Waals surface area contributed by atoms with Gasteiger partial charge >= 0.3 is 0 Å². The molecule has 1 amide bonds. The first-order valence-electron chi connectivity index (χ1n) is 6.29. The topological polar surface area (TPSA) is 40.5 Å². The van der Waals surface area contributed by atoms with Crippen molar-refractivity contribution in [2.45, 2.75) is 26.2 Å². The maximum Gasteiger partial charge on any atom is 0.253 e. The fourth-order valence-corrected chi connectivity index (χ4v) is 2.37. The van der Waals surface area contributed by atoms with E-state index in [4.69, 9.17) is 0 Å². The SMILES string of the molecule is CCC1CCN(C(=O)c2cccc(O)c2)CC1. The first kappa shape index (κ1) is 12.0. The number of rotatable bonds is 2. The predicted octanol–water partition coefficient (Wildman–Crippen LogP) is 2.65. The molecule has 0 atom stereocenters. The van der Waals surface area contributed by atoms with Gasteiger partial charge in [-0.25, -0.2) is 0 Å². The molecule has 0 saturated carbocycles. The normalized spacial score (nSPS) is 17.1. The van der Waals surface area contributed by atoms with Crippen molar-refractivity contribution in [3.8, 4) is 5.75 Å². The Balaban J connectivity index is 2.02. The molecule has 1 aliphatic heterocycles. The van der Waals surface area contributed by atoms with E-state index in [0.717, 1.165) is 31.8 Å². The summed E-state index contributed by atoms with van der Waals surface area (Å²) in [6.45, 7) is 3.89. The zero-order valence-corrected chi connectivity index (χ0v) is 10.2. The molecule has 0 bridgehead atoms. The molecule has 1 aliphatic rings. The van der Waals surface area contributed by atoms with Gasteiger partial charge in [-0.2, -0.15) is 0 Å². The molecule has 1 saturated heterocycles. The second-order valence-electron chi connectivity index (χ2n) is 4.69. The summed E-state index contributed by atoms with van der Waals surface area (Å²) < 4.78 is 0. The molecular weight excluding hydrogens is 214 g/mol. The molecule has 3 nitrogen and oxygen atoms in total. The molecule has 1 N–H and O–H groups in total. The van der Waals surface area contributed by atoms with Crippen LogP contribution in [0.25, 0.3) is 0 Å². The van der Waals surface area contributed by atoms with Crippen LogP contribution in [-0.4, -0.2) is 29.0 Å². The van der Waals surface area contributed by atoms with Crippen LogP contribution >= 0.6 is 0 Å². The van der Waals surface area contributed by atoms with Crippen molar-refractivity contribution >= 4 is 5.91 Å². The molecule has 0 aromatic heterocycles. The lowest BCUT2D eigenvalue weighted by Crippen LogP contribution is -2.38. The van der Waals surface area contributed by atoms with Crippen molar-refractivity contribution in [1.29, 1.82) is 0 Å². The Morgan fingerprint density at radius 2 is 2.12 bits per heavy atom. The van der Waals surface area contributed by atoms with Gasteiger partial charge in [0.25, 0.3) is 5.91 Å². The Labute approximate surface area is 102 Å². The molecule has 3 heteroatoms. The zero-order valence-electron chi connectivity index (χ0n) is 10.2. The highest BCUT2D eigenvalue weighted by atomic mass is 16.3. The van der Waals surface area contributed by atoms with Gasteiger partial charge in [0.1, 0.15) is 5.75 Å². The number of amides is 1. The summed E-state index contributed by atoms with van der Waals surface area (Å²) in [4.78, 5) is 14.1. The molecule has 0 radical (unpaired) electrons. The van der Waals surface area contributed by atoms with Crippen LogP contribution in [0.1, 0.15) is 36.5 Å². The van der Waals surface area contributed by atoms with Crippen LogP contribution < -0.4 is 0 Å². The average Bonchev–Trinajstić information content (AvgIpc) is 2.38. The van der Waals surface area contributed by atoms with Gasteiger partial charge in [-0.3, -0.25) is 4.79 Å². The second kappa shape index (κ2) is 5.21. The molecule has 92 valence electrons. The fourth-order valence-electron chi connectivity index (χ4n) is 2.37. The molecule has 0 unspecified atom stereocenters. The van der Waals surface area contributed by atoms with E-state index in [1.54, 1.807) is 18.2 Å². The average molecular weight is 233 g/mol. The number of aromatic hydroxyl groups is 1. The maximum absolute atomic E-state index is 12.2. The number of carbonyl (C=O) groups is 1. The number of phenolic OH excluding ortho intramolecular Hbond substituents is 1. The lowest BCUT2D eigenvalue weighted by Gasteiger charge is -2.31. The Bertz CT molecular complexity index is 395. The van der Waals surface area contributed by atoms with E-state index in [1.807, 2.05) is 4.90 Å². The summed E-state index contributed by atoms with van der Waals surface area (Å²) in [6.07, 6.45) is 3.40. The van der Waals surface area contributed by atoms with Crippen LogP contribution in [0.15, 0.2) is 24.3 Å². The molecule has 0 aliphatic carbocycles. The fraction of sp³-hybridized carbons (Fsp3) is 0.500. The summed E-state index contributed by atoms with van der Waals surface area (Å²) in [7, 11) is 0. The van der Waals surface area contributed by atoms with Gasteiger partial charge in [-0.05, 0) is 37.0 Å². The lowest BCUT2D eigenvalue weighted by molar-refractivity contribution is 0.0688. The lowest BCUT2D eigenvalue weighted by atomic mass is 9.94. The number of piperidine rings is 1. The zero-order chi connectivity index (χ0) is 12.3. The number of carbonyl (C=O) groups excluding carboxylic acids is 1. The smallest absolute Gasteiger partial charge is 0.253 e. The summed E-state index contributed by atoms with van der Waals surface area (Å²) in [5.74, 6) is 0.956. The Morgan fingerprint density at radius 3 is 2.71 bits per heavy atom. The number of phenols is 1. The molecule has 1 aromatic carbocycles. The Kier molecular flexibility index (Phi) is 3.67. The summed E-state index contributed by atoms with van der Waals surface area (Å²) in [5, 5.41) is 9.37. The Hall–Kier alpha value is -1.51. The molecule has 17 heavy (non-hydrogen) atoms. The van der Waals surface area contributed by atoms with Crippen molar-refractivity contribution in [3.05, 3.63) is 29.8 Å². The Morgan fingerprint density at radius 1 is 1.41 bits per heavy atom. The highest BCUT2D eigenvalue weighted by molar-refractivity contribution is 5.94. The molecule has 0 spiro atoms. The van der Waals surface area contributed by atoms with Gasteiger partial charge in [0.05, 0.1) is 0 Å². The number of benzene rings is 1. The van der Waals surface area contributed by atoms with Gasteiger partial charge in [0.2, 0.25) is 0 Å². The van der Waals surface area contributed by atoms with Gasteiger partial charge in [0.15, 0.2) is 0 Å². The van der Waals surface area contributed by atoms with Crippen molar-refractivity contribution in [1.82, 2.24) is 4.90 Å². The molecule has 1 heterocycles. The standard InChI is InChI=1S/C14H19NO2/c1-2-11-6-8-15(9-7-11)14(17)12-4-3-5-13(16)10-12/h3-5,10-11,16H,2,6-9H2,1H3. The highest BCUT2D eigenvalue weighted by Crippen LogP contribution is 2.22. The van der Waals surface area contributed by atoms with Crippen LogP contribution in [0, 0.1) is 5.92 Å². The number of nitrogens with zero attached hydrogens (tertiary/aromatic N) is 1. The van der Waals surface area contributed by atoms with E-state index in [9.17, 15) is 9.90 Å². The second-order valence-corrected chi connectivity index (χ2v) is 4.69. The minimum absolute atomic E-state index is 0.0375. The summed E-state index contributed by atoms with van der Waals surface area (Å²) >= 11 is 0. The van der Waals surface area contributed by atoms with Crippen molar-refractivity contribution in [2.24, 2.45) is 5.92 Å². The number of hydrogen-bond donors (Lipinski definition) is 1. The van der Waals surface area contributed by atoms with E-state index in [0.29, 0.717) is 5.56 Å². The van der Waals surface area contributed by atoms with Crippen LogP contribution in [0.5, 0.6) is 5.75 Å². The number of likely N-dealkylation sites (tertiary alicyclic amines) is 1. The maximum atomic E-state index is 12.2. The largest absolute Gasteiger partial charge is 0.508 e. The van der Waals surface area contributed by atoms with Crippen LogP contribution in [0.4, 0.5) is 0 Å². The van der Waals surface area contributed by atoms with E-state index in [-0.39, 0.29) is 11.7 Å². The predicted molar refractivity (Wildman–Crippen MR) is 67.0 cm³/mol. The van der Waals surface area contributed by atoms with E-state index in [2.05, 4.69) is 6.92 Å². The number of hydrogen-bond acceptors (Lipinski definition) is 2. The van der Waals surface area contributed by atoms with Gasteiger partial charge in [-0.15, -0.1) is 0 Å². The van der Waals surface area contributed by atoms with Crippen LogP contribution in [0.3, 0.4) is 0 Å². The molecule has 1 aromatic rings. The van der Waals surface area contributed by atoms with Crippen LogP contribution in [0.2, 0.25) is 0 Å². The van der Waals surface area contributed by atoms with E-state index in [1.165, 1.54) is 12.5 Å². The molecule has 1 fully saturated rings. The quantitative estimate of drug-likeness (QED) is 0.853. The summed E-state index contributed by atoms with van der Waals surface area (Å²) in [5.41, 5.74) is 0.583.